The second-order valence-electron chi connectivity index (χ2n) is 17.5. The van der Waals surface area contributed by atoms with Crippen molar-refractivity contribution in [2.45, 2.75) is 38.4 Å². The van der Waals surface area contributed by atoms with E-state index >= 15 is 0 Å². The van der Waals surface area contributed by atoms with Crippen LogP contribution in [0.25, 0.3) is 0 Å². The Labute approximate surface area is 434 Å². The molecule has 0 saturated carbocycles. The predicted octanol–water partition coefficient (Wildman–Crippen LogP) is 6.25. The number of hydrogen-bond acceptors (Lipinski definition) is 17. The quantitative estimate of drug-likeness (QED) is 0.0248. The van der Waals surface area contributed by atoms with Gasteiger partial charge in [0.15, 0.2) is 0 Å². The summed E-state index contributed by atoms with van der Waals surface area (Å²) in [6.07, 6.45) is -2.22. The number of nitrogens with one attached hydrogen (secondary N) is 4. The molecular weight excluding hydrogens is 989 g/mol. The number of nitrogens with zero attached hydrogens (tertiary/aromatic N) is 4. The van der Waals surface area contributed by atoms with E-state index in [-0.39, 0.29) is 50.1 Å². The smallest absolute Gasteiger partial charge is 0.414 e. The number of piperazine rings is 1. The van der Waals surface area contributed by atoms with Gasteiger partial charge < -0.3 is 28.6 Å². The number of carbonyl (C=O) groups excluding carboxylic acids is 5. The molecule has 21 nitrogen and oxygen atoms in total. The highest BCUT2D eigenvalue weighted by molar-refractivity contribution is 7.86. The summed E-state index contributed by atoms with van der Waals surface area (Å²) in [5, 5.41) is 21.0. The number of rotatable bonds is 18. The van der Waals surface area contributed by atoms with Crippen LogP contribution in [0.5, 0.6) is 0 Å². The summed E-state index contributed by atoms with van der Waals surface area (Å²) in [4.78, 5) is 68.3. The summed E-state index contributed by atoms with van der Waals surface area (Å²) in [6.45, 7) is 5.37. The zero-order valence-electron chi connectivity index (χ0n) is 41.1. The van der Waals surface area contributed by atoms with Gasteiger partial charge in [0.25, 0.3) is 10.1 Å². The number of amides is 4. The molecule has 5 aromatic rings. The summed E-state index contributed by atoms with van der Waals surface area (Å²) in [6, 6.07) is 41.2. The number of amidine groups is 2. The molecule has 2 atom stereocenters. The van der Waals surface area contributed by atoms with Crippen LogP contribution in [0.15, 0.2) is 140 Å². The molecule has 0 aromatic heterocycles. The molecule has 0 bridgehead atoms. The van der Waals surface area contributed by atoms with Gasteiger partial charge in [-0.1, -0.05) is 91.0 Å². The molecule has 394 valence electrons. The fourth-order valence-corrected chi connectivity index (χ4v) is 8.27. The van der Waals surface area contributed by atoms with Crippen molar-refractivity contribution in [3.63, 3.8) is 0 Å². The molecule has 0 spiro atoms. The first-order chi connectivity index (χ1) is 36.1. The lowest BCUT2D eigenvalue weighted by molar-refractivity contribution is -0.145. The van der Waals surface area contributed by atoms with Crippen LogP contribution in [0.3, 0.4) is 0 Å². The minimum atomic E-state index is -3.63. The van der Waals surface area contributed by atoms with Gasteiger partial charge in [0, 0.05) is 61.8 Å². The highest BCUT2D eigenvalue weighted by Gasteiger charge is 2.35. The maximum absolute atomic E-state index is 12.6. The Morgan fingerprint density at radius 2 is 0.973 bits per heavy atom. The molecule has 3 aliphatic rings. The first-order valence-corrected chi connectivity index (χ1v) is 25.7. The van der Waals surface area contributed by atoms with Crippen molar-refractivity contribution >= 4 is 63.5 Å². The Hall–Kier alpha value is -8.18. The normalized spacial score (nSPS) is 16.7. The van der Waals surface area contributed by atoms with Crippen LogP contribution >= 0.6 is 0 Å². The van der Waals surface area contributed by atoms with Gasteiger partial charge in [-0.15, -0.1) is 0 Å². The van der Waals surface area contributed by atoms with E-state index < -0.39 is 40.6 Å². The number of cyclic esters (lactones) is 2. The molecule has 3 heterocycles. The topological polar surface area (TPSA) is 260 Å². The van der Waals surface area contributed by atoms with E-state index in [1.54, 1.807) is 53.4 Å². The van der Waals surface area contributed by atoms with Crippen molar-refractivity contribution in [2.24, 2.45) is 0 Å². The molecule has 5 aromatic carbocycles. The number of ether oxygens (including phenoxy) is 5. The van der Waals surface area contributed by atoms with Crippen molar-refractivity contribution in [2.75, 3.05) is 75.0 Å². The zero-order chi connectivity index (χ0) is 53.2. The fourth-order valence-electron chi connectivity index (χ4n) is 7.87. The molecule has 0 radical (unpaired) electrons. The third-order valence-corrected chi connectivity index (χ3v) is 12.4. The second-order valence-corrected chi connectivity index (χ2v) is 19.1. The number of esters is 1. The first kappa shape index (κ1) is 54.6. The summed E-state index contributed by atoms with van der Waals surface area (Å²) < 4.78 is 53.2. The highest BCUT2D eigenvalue weighted by Crippen LogP contribution is 2.25. The average Bonchev–Trinajstić information content (AvgIpc) is 3.99. The van der Waals surface area contributed by atoms with E-state index in [0.29, 0.717) is 55.2 Å². The van der Waals surface area contributed by atoms with Gasteiger partial charge in [0.1, 0.15) is 50.3 Å². The molecular formula is C53H58N8O13S. The maximum atomic E-state index is 12.6. The van der Waals surface area contributed by atoms with E-state index in [1.165, 1.54) is 4.90 Å². The number of hydrogen-bond donors (Lipinski definition) is 4. The largest absolute Gasteiger partial charge is 0.461 e. The maximum Gasteiger partial charge on any atom is 0.414 e. The van der Waals surface area contributed by atoms with Crippen molar-refractivity contribution < 1.29 is 60.3 Å². The van der Waals surface area contributed by atoms with Crippen LogP contribution in [0, 0.1) is 10.8 Å². The Morgan fingerprint density at radius 3 is 1.41 bits per heavy atom. The number of benzene rings is 5. The van der Waals surface area contributed by atoms with Crippen molar-refractivity contribution in [1.82, 2.24) is 20.4 Å². The minimum absolute atomic E-state index is 0.0835. The molecule has 8 rings (SSSR count). The van der Waals surface area contributed by atoms with E-state index in [4.69, 9.17) is 34.5 Å². The molecule has 2 unspecified atom stereocenters. The monoisotopic (exact) mass is 1050 g/mol. The molecule has 4 amide bonds. The van der Waals surface area contributed by atoms with Gasteiger partial charge in [-0.2, -0.15) is 8.42 Å². The summed E-state index contributed by atoms with van der Waals surface area (Å²) in [5.74, 6) is -0.454. The summed E-state index contributed by atoms with van der Waals surface area (Å²) in [5.41, 5.74) is 4.70. The fraction of sp³-hybridized carbons (Fsp3) is 0.302. The molecule has 0 aliphatic carbocycles. The average molecular weight is 1050 g/mol. The number of alkyl carbamates (subject to hydrolysis) is 2. The van der Waals surface area contributed by atoms with Crippen molar-refractivity contribution in [3.8, 4) is 0 Å². The Balaban J connectivity index is 0.000000233. The molecule has 3 fully saturated rings. The minimum Gasteiger partial charge on any atom is -0.461 e. The van der Waals surface area contributed by atoms with Gasteiger partial charge in [-0.05, 0) is 65.2 Å². The Bertz CT molecular complexity index is 2860. The highest BCUT2D eigenvalue weighted by atomic mass is 32.2. The Morgan fingerprint density at radius 1 is 0.573 bits per heavy atom. The van der Waals surface area contributed by atoms with E-state index in [2.05, 4.69) is 24.6 Å². The number of carbonyl (C=O) groups is 5. The summed E-state index contributed by atoms with van der Waals surface area (Å²) in [7, 11) is -3.63. The lowest BCUT2D eigenvalue weighted by atomic mass is 10.1. The van der Waals surface area contributed by atoms with Gasteiger partial charge in [-0.3, -0.25) is 45.1 Å². The van der Waals surface area contributed by atoms with Gasteiger partial charge in [-0.25, -0.2) is 19.2 Å². The van der Waals surface area contributed by atoms with E-state index in [9.17, 15) is 32.4 Å². The van der Waals surface area contributed by atoms with Crippen LogP contribution in [-0.2, 0) is 62.6 Å². The third-order valence-electron chi connectivity index (χ3n) is 11.8. The van der Waals surface area contributed by atoms with E-state index in [1.807, 2.05) is 91.0 Å². The van der Waals surface area contributed by atoms with Crippen molar-refractivity contribution in [3.05, 3.63) is 167 Å². The SMILES string of the molecule is CS(=O)(=O)OCC1CN(c2ccc(C(=N)NC(=O)OCc3ccccc3)cc2)C(=O)O1.N=C(NC(=O)OCc1ccccc1)c1ccc(N2CC(CN3CCN(CCC(=O)OCc4ccccc4)CC3)OC2=O)cc1. The van der Waals surface area contributed by atoms with Gasteiger partial charge >= 0.3 is 30.3 Å². The zero-order valence-corrected chi connectivity index (χ0v) is 41.9. The number of anilines is 2. The lowest BCUT2D eigenvalue weighted by Crippen LogP contribution is -2.49. The lowest BCUT2D eigenvalue weighted by Gasteiger charge is -2.35. The summed E-state index contributed by atoms with van der Waals surface area (Å²) >= 11 is 0. The van der Waals surface area contributed by atoms with Gasteiger partial charge in [0.2, 0.25) is 0 Å². The molecule has 4 N–H and O–H groups in total. The van der Waals surface area contributed by atoms with Crippen LogP contribution in [0.2, 0.25) is 0 Å². The molecule has 22 heteroatoms. The van der Waals surface area contributed by atoms with E-state index in [0.717, 1.165) is 49.1 Å². The second kappa shape index (κ2) is 26.7. The standard InChI is InChI=1S/C33H37N5O6.C20H21N3O7S/c34-31(35-32(40)43-24-26-9-5-2-6-10-26)27-11-13-28(14-12-27)38-22-29(44-33(38)41)21-37-19-17-36(18-20-37)16-15-30(39)42-23-25-7-3-1-4-8-25;1-31(26,27)29-13-17-11-23(20(25)30-17)16-9-7-15(8-10-16)18(21)22-19(24)28-12-14-5-3-2-4-6-14/h1-14,29H,15-24H2,(H2,34,35,40);2-10,17H,11-13H2,1H3,(H2,21,22,24). The molecule has 3 aliphatic heterocycles. The third kappa shape index (κ3) is 17.5. The van der Waals surface area contributed by atoms with Crippen LogP contribution in [-0.4, -0.2) is 138 Å². The molecule has 75 heavy (non-hydrogen) atoms. The first-order valence-electron chi connectivity index (χ1n) is 23.9. The van der Waals surface area contributed by atoms with Crippen molar-refractivity contribution in [1.29, 1.82) is 10.8 Å². The Kier molecular flexibility index (Phi) is 19.4. The van der Waals surface area contributed by atoms with Crippen LogP contribution < -0.4 is 20.4 Å². The van der Waals surface area contributed by atoms with Gasteiger partial charge in [0.05, 0.1) is 25.8 Å². The predicted molar refractivity (Wildman–Crippen MR) is 276 cm³/mol. The molecule has 3 saturated heterocycles. The van der Waals surface area contributed by atoms with Crippen LogP contribution in [0.1, 0.15) is 34.2 Å². The van der Waals surface area contributed by atoms with Crippen LogP contribution in [0.4, 0.5) is 30.6 Å².